The molecule has 7 heteroatoms. The van der Waals surface area contributed by atoms with Gasteiger partial charge in [0.05, 0.1) is 11.4 Å². The topological polar surface area (TPSA) is 78.8 Å². The lowest BCUT2D eigenvalue weighted by Gasteiger charge is -2.13. The number of thiophene rings is 1. The largest absolute Gasteiger partial charge is 0.411 e. The summed E-state index contributed by atoms with van der Waals surface area (Å²) in [4.78, 5) is 0.706. The van der Waals surface area contributed by atoms with E-state index in [-0.39, 0.29) is 11.4 Å². The van der Waals surface area contributed by atoms with Crippen LogP contribution in [-0.2, 0) is 10.0 Å². The molecule has 1 aromatic heterocycles. The highest BCUT2D eigenvalue weighted by Crippen LogP contribution is 2.25. The summed E-state index contributed by atoms with van der Waals surface area (Å²) < 4.78 is 25.0. The van der Waals surface area contributed by atoms with Crippen LogP contribution in [0.15, 0.2) is 21.5 Å². The molecule has 0 aromatic carbocycles. The van der Waals surface area contributed by atoms with E-state index in [9.17, 15) is 8.42 Å². The Morgan fingerprint density at radius 2 is 2.38 bits per heavy atom. The molecular weight excluding hydrogens is 212 g/mol. The van der Waals surface area contributed by atoms with Crippen LogP contribution in [0.3, 0.4) is 0 Å². The van der Waals surface area contributed by atoms with Crippen LogP contribution < -0.4 is 4.72 Å². The fourth-order valence-corrected chi connectivity index (χ4v) is 3.55. The molecule has 0 fully saturated rings. The minimum absolute atomic E-state index is 0.0480. The first-order valence-electron chi connectivity index (χ1n) is 3.43. The average molecular weight is 218 g/mol. The van der Waals surface area contributed by atoms with Gasteiger partial charge >= 0.3 is 0 Å². The molecule has 5 nitrogen and oxygen atoms in total. The van der Waals surface area contributed by atoms with Gasteiger partial charge in [0.1, 0.15) is 10.6 Å². The molecule has 0 bridgehead atoms. The SMILES string of the molecule is O=S1(=O)NC/C(=N/O)c2sccc21. The highest BCUT2D eigenvalue weighted by atomic mass is 32.2. The van der Waals surface area contributed by atoms with Gasteiger partial charge in [0.2, 0.25) is 10.0 Å². The van der Waals surface area contributed by atoms with E-state index in [4.69, 9.17) is 5.21 Å². The zero-order chi connectivity index (χ0) is 9.47. The summed E-state index contributed by atoms with van der Waals surface area (Å²) in [6.07, 6.45) is 0. The smallest absolute Gasteiger partial charge is 0.242 e. The molecule has 1 aromatic rings. The predicted octanol–water partition coefficient (Wildman–Crippen LogP) is 0.218. The second-order valence-corrected chi connectivity index (χ2v) is 5.14. The molecule has 0 saturated carbocycles. The Morgan fingerprint density at radius 3 is 3.08 bits per heavy atom. The lowest BCUT2D eigenvalue weighted by atomic mass is 10.3. The first-order valence-corrected chi connectivity index (χ1v) is 5.80. The Kier molecular flexibility index (Phi) is 1.86. The normalized spacial score (nSPS) is 22.9. The van der Waals surface area contributed by atoms with Crippen LogP contribution in [0.2, 0.25) is 0 Å². The van der Waals surface area contributed by atoms with Crippen molar-refractivity contribution in [3.05, 3.63) is 16.3 Å². The van der Waals surface area contributed by atoms with Gasteiger partial charge in [-0.25, -0.2) is 13.1 Å². The number of hydrogen-bond donors (Lipinski definition) is 2. The number of hydrogen-bond acceptors (Lipinski definition) is 5. The fraction of sp³-hybridized carbons (Fsp3) is 0.167. The van der Waals surface area contributed by atoms with E-state index in [2.05, 4.69) is 9.88 Å². The fourth-order valence-electron chi connectivity index (χ4n) is 1.12. The van der Waals surface area contributed by atoms with E-state index in [1.165, 1.54) is 17.4 Å². The van der Waals surface area contributed by atoms with Crippen molar-refractivity contribution < 1.29 is 13.6 Å². The average Bonchev–Trinajstić information content (AvgIpc) is 2.54. The van der Waals surface area contributed by atoms with Gasteiger partial charge in [-0.1, -0.05) is 5.16 Å². The number of fused-ring (bicyclic) bond motifs is 1. The number of sulfonamides is 1. The van der Waals surface area contributed by atoms with Crippen molar-refractivity contribution in [1.29, 1.82) is 0 Å². The zero-order valence-corrected chi connectivity index (χ0v) is 8.02. The van der Waals surface area contributed by atoms with Gasteiger partial charge in [-0.15, -0.1) is 11.3 Å². The molecule has 2 heterocycles. The van der Waals surface area contributed by atoms with Crippen LogP contribution in [0.25, 0.3) is 0 Å². The van der Waals surface area contributed by atoms with E-state index in [1.807, 2.05) is 0 Å². The van der Waals surface area contributed by atoms with Gasteiger partial charge in [-0.05, 0) is 11.4 Å². The van der Waals surface area contributed by atoms with Crippen LogP contribution in [0.4, 0.5) is 0 Å². The first kappa shape index (κ1) is 8.67. The van der Waals surface area contributed by atoms with E-state index >= 15 is 0 Å². The molecule has 0 unspecified atom stereocenters. The van der Waals surface area contributed by atoms with Crippen molar-refractivity contribution in [3.63, 3.8) is 0 Å². The Bertz CT molecular complexity index is 460. The van der Waals surface area contributed by atoms with E-state index in [0.717, 1.165) is 0 Å². The summed E-state index contributed by atoms with van der Waals surface area (Å²) in [5, 5.41) is 13.3. The van der Waals surface area contributed by atoms with Gasteiger partial charge in [-0.2, -0.15) is 0 Å². The summed E-state index contributed by atoms with van der Waals surface area (Å²) in [5.41, 5.74) is 0.361. The molecule has 0 amide bonds. The van der Waals surface area contributed by atoms with Crippen molar-refractivity contribution >= 4 is 27.1 Å². The molecule has 13 heavy (non-hydrogen) atoms. The zero-order valence-electron chi connectivity index (χ0n) is 6.39. The van der Waals surface area contributed by atoms with Crippen molar-refractivity contribution in [2.75, 3.05) is 6.54 Å². The van der Waals surface area contributed by atoms with E-state index < -0.39 is 10.0 Å². The third-order valence-corrected chi connectivity index (χ3v) is 4.27. The van der Waals surface area contributed by atoms with E-state index in [0.29, 0.717) is 10.6 Å². The maximum atomic E-state index is 11.4. The minimum Gasteiger partial charge on any atom is -0.411 e. The molecule has 0 saturated heterocycles. The number of nitrogens with one attached hydrogen (secondary N) is 1. The van der Waals surface area contributed by atoms with Crippen LogP contribution in [0.5, 0.6) is 0 Å². The van der Waals surface area contributed by atoms with Crippen LogP contribution in [0.1, 0.15) is 4.88 Å². The molecule has 0 radical (unpaired) electrons. The standard InChI is InChI=1S/C6H6N2O3S2/c9-8-4-3-7-13(10,11)5-1-2-12-6(4)5/h1-2,7,9H,3H2/b8-4-. The molecule has 0 spiro atoms. The summed E-state index contributed by atoms with van der Waals surface area (Å²) in [5.74, 6) is 0. The van der Waals surface area contributed by atoms with Crippen molar-refractivity contribution in [2.24, 2.45) is 5.16 Å². The van der Waals surface area contributed by atoms with Crippen molar-refractivity contribution in [3.8, 4) is 0 Å². The Hall–Kier alpha value is -0.920. The molecule has 1 aliphatic rings. The number of rotatable bonds is 0. The monoisotopic (exact) mass is 218 g/mol. The maximum Gasteiger partial charge on any atom is 0.242 e. The molecule has 1 aliphatic heterocycles. The molecule has 0 atom stereocenters. The summed E-state index contributed by atoms with van der Waals surface area (Å²) in [7, 11) is -3.37. The predicted molar refractivity (Wildman–Crippen MR) is 47.8 cm³/mol. The molecule has 2 N–H and O–H groups in total. The van der Waals surface area contributed by atoms with E-state index in [1.54, 1.807) is 5.38 Å². The quantitative estimate of drug-likeness (QED) is 0.483. The number of oxime groups is 1. The van der Waals surface area contributed by atoms with Gasteiger partial charge < -0.3 is 5.21 Å². The van der Waals surface area contributed by atoms with Crippen LogP contribution >= 0.6 is 11.3 Å². The first-order chi connectivity index (χ1) is 6.15. The maximum absolute atomic E-state index is 11.4. The Balaban J connectivity index is 2.69. The lowest BCUT2D eigenvalue weighted by molar-refractivity contribution is 0.318. The van der Waals surface area contributed by atoms with Gasteiger partial charge in [0, 0.05) is 0 Å². The van der Waals surface area contributed by atoms with Crippen LogP contribution in [0, 0.1) is 0 Å². The molecule has 2 rings (SSSR count). The van der Waals surface area contributed by atoms with Crippen molar-refractivity contribution in [1.82, 2.24) is 4.72 Å². The summed E-state index contributed by atoms with van der Waals surface area (Å²) in [6.45, 7) is 0.0480. The molecule has 70 valence electrons. The van der Waals surface area contributed by atoms with Crippen molar-refractivity contribution in [2.45, 2.75) is 4.90 Å². The summed E-state index contributed by atoms with van der Waals surface area (Å²) >= 11 is 1.25. The van der Waals surface area contributed by atoms with Gasteiger partial charge in [-0.3, -0.25) is 0 Å². The van der Waals surface area contributed by atoms with Crippen LogP contribution in [-0.4, -0.2) is 25.9 Å². The Labute approximate surface area is 78.8 Å². The molecule has 0 aliphatic carbocycles. The third-order valence-electron chi connectivity index (χ3n) is 1.73. The summed E-state index contributed by atoms with van der Waals surface area (Å²) in [6, 6.07) is 1.49. The van der Waals surface area contributed by atoms with Gasteiger partial charge in [0.15, 0.2) is 0 Å². The highest BCUT2D eigenvalue weighted by molar-refractivity contribution is 7.90. The minimum atomic E-state index is -3.37. The van der Waals surface area contributed by atoms with Gasteiger partial charge in [0.25, 0.3) is 0 Å². The number of nitrogens with zero attached hydrogens (tertiary/aromatic N) is 1. The second-order valence-electron chi connectivity index (χ2n) is 2.49. The lowest BCUT2D eigenvalue weighted by Crippen LogP contribution is -2.35. The molecular formula is C6H6N2O3S2. The highest BCUT2D eigenvalue weighted by Gasteiger charge is 2.28. The Morgan fingerprint density at radius 1 is 1.62 bits per heavy atom. The second kappa shape index (κ2) is 2.79. The third kappa shape index (κ3) is 1.25.